The van der Waals surface area contributed by atoms with E-state index >= 15 is 0 Å². The molecule has 1 heterocycles. The van der Waals surface area contributed by atoms with Gasteiger partial charge < -0.3 is 5.11 Å². The Bertz CT molecular complexity index is 373. The zero-order chi connectivity index (χ0) is 12.6. The lowest BCUT2D eigenvalue weighted by atomic mass is 9.66. The molecule has 2 amide bonds. The molecule has 1 saturated heterocycles. The van der Waals surface area contributed by atoms with Gasteiger partial charge in [-0.2, -0.15) is 0 Å². The number of hydrogen-bond donors (Lipinski definition) is 1. The van der Waals surface area contributed by atoms with Crippen LogP contribution in [0.25, 0.3) is 0 Å². The Morgan fingerprint density at radius 1 is 1.47 bits per heavy atom. The Morgan fingerprint density at radius 3 is 2.47 bits per heavy atom. The van der Waals surface area contributed by atoms with Gasteiger partial charge in [-0.15, -0.1) is 0 Å². The quantitative estimate of drug-likeness (QED) is 0.743. The van der Waals surface area contributed by atoms with E-state index in [1.165, 1.54) is 4.90 Å². The summed E-state index contributed by atoms with van der Waals surface area (Å²) in [5.41, 5.74) is -0.360. The molecule has 1 unspecified atom stereocenters. The Labute approximate surface area is 99.8 Å². The van der Waals surface area contributed by atoms with Crippen molar-refractivity contribution in [3.05, 3.63) is 0 Å². The highest BCUT2D eigenvalue weighted by atomic mass is 16.4. The number of likely N-dealkylation sites (tertiary alicyclic amines) is 1. The molecule has 1 aliphatic carbocycles. The van der Waals surface area contributed by atoms with Gasteiger partial charge in [-0.3, -0.25) is 19.3 Å². The summed E-state index contributed by atoms with van der Waals surface area (Å²) in [5.74, 6) is -1.40. The standard InChI is InChI=1S/C12H17NO4/c1-8-5-9(14)13(11(8)17)7-12(3-2-4-12)6-10(15)16/h8H,2-7H2,1H3,(H,15,16). The van der Waals surface area contributed by atoms with Gasteiger partial charge in [0.2, 0.25) is 11.8 Å². The minimum Gasteiger partial charge on any atom is -0.481 e. The van der Waals surface area contributed by atoms with E-state index in [4.69, 9.17) is 5.11 Å². The first-order valence-electron chi connectivity index (χ1n) is 6.00. The molecule has 5 heteroatoms. The monoisotopic (exact) mass is 239 g/mol. The lowest BCUT2D eigenvalue weighted by Crippen LogP contribution is -2.46. The maximum Gasteiger partial charge on any atom is 0.303 e. The summed E-state index contributed by atoms with van der Waals surface area (Å²) in [6.07, 6.45) is 2.90. The Balaban J connectivity index is 2.06. The van der Waals surface area contributed by atoms with Gasteiger partial charge in [0.25, 0.3) is 0 Å². The third-order valence-electron chi connectivity index (χ3n) is 3.90. The lowest BCUT2D eigenvalue weighted by molar-refractivity contribution is -0.148. The predicted molar refractivity (Wildman–Crippen MR) is 59.0 cm³/mol. The minimum atomic E-state index is -0.850. The fourth-order valence-electron chi connectivity index (χ4n) is 2.74. The molecular weight excluding hydrogens is 222 g/mol. The molecule has 0 radical (unpaired) electrons. The van der Waals surface area contributed by atoms with E-state index in [0.29, 0.717) is 6.54 Å². The Kier molecular flexibility index (Phi) is 2.93. The zero-order valence-corrected chi connectivity index (χ0v) is 9.94. The molecule has 2 rings (SSSR count). The number of aliphatic carboxylic acids is 1. The molecule has 1 aliphatic heterocycles. The van der Waals surface area contributed by atoms with Gasteiger partial charge >= 0.3 is 5.97 Å². The SMILES string of the molecule is CC1CC(=O)N(CC2(CC(=O)O)CCC2)C1=O. The van der Waals surface area contributed by atoms with Gasteiger partial charge in [0, 0.05) is 18.9 Å². The molecule has 0 aromatic rings. The molecule has 0 aromatic carbocycles. The van der Waals surface area contributed by atoms with Crippen LogP contribution < -0.4 is 0 Å². The molecule has 1 saturated carbocycles. The first-order chi connectivity index (χ1) is 7.93. The third-order valence-corrected chi connectivity index (χ3v) is 3.90. The van der Waals surface area contributed by atoms with Gasteiger partial charge in [0.15, 0.2) is 0 Å². The molecule has 2 fully saturated rings. The molecule has 0 aromatic heterocycles. The number of carboxylic acids is 1. The summed E-state index contributed by atoms with van der Waals surface area (Å²) >= 11 is 0. The fourth-order valence-corrected chi connectivity index (χ4v) is 2.74. The van der Waals surface area contributed by atoms with Gasteiger partial charge in [0.1, 0.15) is 0 Å². The highest BCUT2D eigenvalue weighted by Crippen LogP contribution is 2.45. The van der Waals surface area contributed by atoms with Crippen molar-refractivity contribution in [1.29, 1.82) is 0 Å². The van der Waals surface area contributed by atoms with Crippen molar-refractivity contribution < 1.29 is 19.5 Å². The maximum atomic E-state index is 11.8. The van der Waals surface area contributed by atoms with Crippen LogP contribution >= 0.6 is 0 Å². The first kappa shape index (κ1) is 12.1. The van der Waals surface area contributed by atoms with E-state index < -0.39 is 5.97 Å². The molecule has 1 N–H and O–H groups in total. The normalized spacial score (nSPS) is 27.1. The van der Waals surface area contributed by atoms with Gasteiger partial charge in [-0.05, 0) is 18.3 Å². The highest BCUT2D eigenvalue weighted by Gasteiger charge is 2.45. The van der Waals surface area contributed by atoms with Crippen LogP contribution in [-0.2, 0) is 14.4 Å². The number of rotatable bonds is 4. The van der Waals surface area contributed by atoms with E-state index in [2.05, 4.69) is 0 Å². The summed E-state index contributed by atoms with van der Waals surface area (Å²) in [6.45, 7) is 2.03. The Morgan fingerprint density at radius 2 is 2.12 bits per heavy atom. The molecule has 5 nitrogen and oxygen atoms in total. The average Bonchev–Trinajstić information content (AvgIpc) is 2.40. The summed E-state index contributed by atoms with van der Waals surface area (Å²) in [5, 5.41) is 8.88. The van der Waals surface area contributed by atoms with E-state index in [9.17, 15) is 14.4 Å². The number of imide groups is 1. The van der Waals surface area contributed by atoms with Crippen LogP contribution in [0.1, 0.15) is 39.0 Å². The van der Waals surface area contributed by atoms with Gasteiger partial charge in [0.05, 0.1) is 6.42 Å². The number of nitrogens with zero attached hydrogens (tertiary/aromatic N) is 1. The van der Waals surface area contributed by atoms with Crippen LogP contribution in [0.2, 0.25) is 0 Å². The van der Waals surface area contributed by atoms with Crippen molar-refractivity contribution in [3.63, 3.8) is 0 Å². The van der Waals surface area contributed by atoms with Crippen molar-refractivity contribution in [2.75, 3.05) is 6.54 Å². The Hall–Kier alpha value is -1.39. The fraction of sp³-hybridized carbons (Fsp3) is 0.750. The maximum absolute atomic E-state index is 11.8. The highest BCUT2D eigenvalue weighted by molar-refractivity contribution is 6.03. The number of carbonyl (C=O) groups is 3. The number of amides is 2. The summed E-state index contributed by atoms with van der Waals surface area (Å²) < 4.78 is 0. The average molecular weight is 239 g/mol. The minimum absolute atomic E-state index is 0.0540. The molecule has 17 heavy (non-hydrogen) atoms. The third kappa shape index (κ3) is 2.18. The number of carboxylic acid groups (broad SMARTS) is 1. The van der Waals surface area contributed by atoms with E-state index in [1.54, 1.807) is 6.92 Å². The van der Waals surface area contributed by atoms with Crippen molar-refractivity contribution in [3.8, 4) is 0 Å². The van der Waals surface area contributed by atoms with Crippen molar-refractivity contribution in [2.45, 2.75) is 39.0 Å². The van der Waals surface area contributed by atoms with Crippen molar-refractivity contribution in [1.82, 2.24) is 4.90 Å². The topological polar surface area (TPSA) is 74.7 Å². The van der Waals surface area contributed by atoms with Crippen LogP contribution in [0, 0.1) is 11.3 Å². The molecule has 2 aliphatic rings. The lowest BCUT2D eigenvalue weighted by Gasteiger charge is -2.42. The first-order valence-corrected chi connectivity index (χ1v) is 6.00. The summed E-state index contributed by atoms with van der Waals surface area (Å²) in [4.78, 5) is 35.5. The van der Waals surface area contributed by atoms with E-state index in [0.717, 1.165) is 19.3 Å². The second-order valence-corrected chi connectivity index (χ2v) is 5.35. The van der Waals surface area contributed by atoms with Gasteiger partial charge in [-0.25, -0.2) is 0 Å². The molecule has 1 atom stereocenters. The van der Waals surface area contributed by atoms with Crippen molar-refractivity contribution >= 4 is 17.8 Å². The smallest absolute Gasteiger partial charge is 0.303 e. The second kappa shape index (κ2) is 4.13. The van der Waals surface area contributed by atoms with Gasteiger partial charge in [-0.1, -0.05) is 13.3 Å². The van der Waals surface area contributed by atoms with Crippen LogP contribution in [0.4, 0.5) is 0 Å². The summed E-state index contributed by atoms with van der Waals surface area (Å²) in [6, 6.07) is 0. The van der Waals surface area contributed by atoms with E-state index in [-0.39, 0.29) is 36.0 Å². The van der Waals surface area contributed by atoms with Crippen LogP contribution in [0.15, 0.2) is 0 Å². The van der Waals surface area contributed by atoms with E-state index in [1.807, 2.05) is 0 Å². The van der Waals surface area contributed by atoms with Crippen LogP contribution in [0.5, 0.6) is 0 Å². The molecule has 94 valence electrons. The molecule has 0 bridgehead atoms. The predicted octanol–water partition coefficient (Wildman–Crippen LogP) is 1.03. The zero-order valence-electron chi connectivity index (χ0n) is 9.94. The number of carbonyl (C=O) groups excluding carboxylic acids is 2. The van der Waals surface area contributed by atoms with Crippen molar-refractivity contribution in [2.24, 2.45) is 11.3 Å². The number of hydrogen-bond acceptors (Lipinski definition) is 3. The largest absolute Gasteiger partial charge is 0.481 e. The van der Waals surface area contributed by atoms with Crippen LogP contribution in [0.3, 0.4) is 0 Å². The molecular formula is C12H17NO4. The second-order valence-electron chi connectivity index (χ2n) is 5.35. The van der Waals surface area contributed by atoms with Crippen LogP contribution in [-0.4, -0.2) is 34.3 Å². The molecule has 0 spiro atoms. The summed E-state index contributed by atoms with van der Waals surface area (Å²) in [7, 11) is 0.